The van der Waals surface area contributed by atoms with E-state index in [1.807, 2.05) is 6.92 Å². The highest BCUT2D eigenvalue weighted by atomic mass is 32.2. The molecule has 1 aromatic carbocycles. The lowest BCUT2D eigenvalue weighted by Gasteiger charge is -2.40. The summed E-state index contributed by atoms with van der Waals surface area (Å²) < 4.78 is 34.5. The van der Waals surface area contributed by atoms with Gasteiger partial charge in [-0.25, -0.2) is 8.42 Å². The van der Waals surface area contributed by atoms with Gasteiger partial charge in [-0.15, -0.1) is 0 Å². The van der Waals surface area contributed by atoms with E-state index in [2.05, 4.69) is 4.72 Å². The van der Waals surface area contributed by atoms with Crippen molar-refractivity contribution in [1.29, 1.82) is 0 Å². The van der Waals surface area contributed by atoms with Crippen LogP contribution >= 0.6 is 0 Å². The van der Waals surface area contributed by atoms with Crippen molar-refractivity contribution >= 4 is 15.8 Å². The summed E-state index contributed by atoms with van der Waals surface area (Å²) in [4.78, 5) is 12.5. The summed E-state index contributed by atoms with van der Waals surface area (Å²) in [6.07, 6.45) is 0. The molecule has 1 N–H and O–H groups in total. The maximum Gasteiger partial charge on any atom is 0.243 e. The van der Waals surface area contributed by atoms with Crippen LogP contribution < -0.4 is 4.72 Å². The number of benzene rings is 1. The van der Waals surface area contributed by atoms with Gasteiger partial charge >= 0.3 is 0 Å². The van der Waals surface area contributed by atoms with Crippen LogP contribution in [-0.2, 0) is 19.6 Å². The first-order valence-corrected chi connectivity index (χ1v) is 9.70. The van der Waals surface area contributed by atoms with Gasteiger partial charge in [-0.05, 0) is 64.8 Å². The predicted molar refractivity (Wildman–Crippen MR) is 97.6 cm³/mol. The van der Waals surface area contributed by atoms with Crippen molar-refractivity contribution in [3.63, 3.8) is 0 Å². The van der Waals surface area contributed by atoms with Gasteiger partial charge in [0, 0.05) is 17.8 Å². The van der Waals surface area contributed by atoms with E-state index in [4.69, 9.17) is 4.74 Å². The van der Waals surface area contributed by atoms with E-state index >= 15 is 0 Å². The second-order valence-electron chi connectivity index (χ2n) is 6.36. The van der Waals surface area contributed by atoms with Gasteiger partial charge < -0.3 is 4.74 Å². The Hall–Kier alpha value is -1.76. The highest BCUT2D eigenvalue weighted by molar-refractivity contribution is 7.89. The molecule has 0 aromatic heterocycles. The van der Waals surface area contributed by atoms with Gasteiger partial charge in [0.05, 0.1) is 4.90 Å². The minimum absolute atomic E-state index is 0.0835. The molecule has 1 aliphatic rings. The van der Waals surface area contributed by atoms with Gasteiger partial charge in [0.2, 0.25) is 10.0 Å². The van der Waals surface area contributed by atoms with E-state index in [9.17, 15) is 13.2 Å². The third-order valence-electron chi connectivity index (χ3n) is 4.83. The normalized spacial score (nSPS) is 18.1. The van der Waals surface area contributed by atoms with Crippen LogP contribution in [0.3, 0.4) is 0 Å². The number of hydrogen-bond donors (Lipinski definition) is 1. The molecule has 0 saturated heterocycles. The Bertz CT molecular complexity index is 833. The van der Waals surface area contributed by atoms with Crippen LogP contribution in [0.5, 0.6) is 0 Å². The summed E-state index contributed by atoms with van der Waals surface area (Å²) in [5, 5.41) is 0. The monoisotopic (exact) mass is 363 g/mol. The van der Waals surface area contributed by atoms with Gasteiger partial charge in [-0.1, -0.05) is 17.7 Å². The van der Waals surface area contributed by atoms with Crippen molar-refractivity contribution in [3.05, 3.63) is 52.1 Å². The lowest BCUT2D eigenvalue weighted by Crippen LogP contribution is -2.55. The molecular weight excluding hydrogens is 338 g/mol. The average Bonchev–Trinajstić information content (AvgIpc) is 2.57. The number of ketones is 1. The number of Topliss-reactive ketones (excluding diaryl/α,β-unsaturated/α-hetero) is 1. The number of rotatable bonds is 5. The molecule has 6 heteroatoms. The molecule has 0 atom stereocenters. The van der Waals surface area contributed by atoms with Crippen molar-refractivity contribution in [2.75, 3.05) is 6.61 Å². The molecule has 136 valence electrons. The van der Waals surface area contributed by atoms with E-state index in [1.54, 1.807) is 58.9 Å². The topological polar surface area (TPSA) is 72.5 Å². The van der Waals surface area contributed by atoms with E-state index in [0.717, 1.165) is 5.56 Å². The number of aryl methyl sites for hydroxylation is 1. The first-order chi connectivity index (χ1) is 11.6. The van der Waals surface area contributed by atoms with Gasteiger partial charge in [0.15, 0.2) is 11.5 Å². The fourth-order valence-corrected chi connectivity index (χ4v) is 4.37. The summed E-state index contributed by atoms with van der Waals surface area (Å²) in [7, 11) is -3.84. The zero-order valence-electron chi connectivity index (χ0n) is 15.6. The maximum absolute atomic E-state index is 13.0. The number of allylic oxidation sites excluding steroid dienone is 2. The van der Waals surface area contributed by atoms with Gasteiger partial charge in [0.1, 0.15) is 0 Å². The highest BCUT2D eigenvalue weighted by Gasteiger charge is 2.45. The Morgan fingerprint density at radius 2 is 1.44 bits per heavy atom. The fourth-order valence-electron chi connectivity index (χ4n) is 3.01. The molecule has 0 saturated carbocycles. The van der Waals surface area contributed by atoms with Crippen molar-refractivity contribution in [3.8, 4) is 0 Å². The molecule has 0 aliphatic heterocycles. The van der Waals surface area contributed by atoms with Crippen molar-refractivity contribution in [2.45, 2.75) is 52.2 Å². The third-order valence-corrected chi connectivity index (χ3v) is 6.28. The summed E-state index contributed by atoms with van der Waals surface area (Å²) in [5.74, 6) is -0.0835. The smallest absolute Gasteiger partial charge is 0.243 e. The highest BCUT2D eigenvalue weighted by Crippen LogP contribution is 2.38. The molecule has 0 radical (unpaired) electrons. The standard InChI is InChI=1S/C19H25NO4S/c1-7-24-19(15(5)13(3)18(21)14(4)16(19)6)20-25(22,23)17-10-8-12(2)9-11-17/h8-11,20H,7H2,1-6H3. The summed E-state index contributed by atoms with van der Waals surface area (Å²) >= 11 is 0. The lowest BCUT2D eigenvalue weighted by atomic mass is 9.81. The van der Waals surface area contributed by atoms with E-state index in [1.165, 1.54) is 0 Å². The first kappa shape index (κ1) is 19.6. The number of hydrogen-bond acceptors (Lipinski definition) is 4. The van der Waals surface area contributed by atoms with Gasteiger partial charge in [0.25, 0.3) is 0 Å². The number of nitrogens with one attached hydrogen (secondary N) is 1. The van der Waals surface area contributed by atoms with Gasteiger partial charge in [-0.3, -0.25) is 4.79 Å². The Labute approximate surface area is 149 Å². The number of ether oxygens (including phenoxy) is 1. The fraction of sp³-hybridized carbons (Fsp3) is 0.421. The molecule has 0 fully saturated rings. The summed E-state index contributed by atoms with van der Waals surface area (Å²) in [6, 6.07) is 6.61. The Morgan fingerprint density at radius 1 is 0.960 bits per heavy atom. The second-order valence-corrected chi connectivity index (χ2v) is 8.04. The minimum atomic E-state index is -3.84. The van der Waals surface area contributed by atoms with Crippen LogP contribution in [0, 0.1) is 6.92 Å². The van der Waals surface area contributed by atoms with Crippen molar-refractivity contribution < 1.29 is 17.9 Å². The third kappa shape index (κ3) is 3.34. The number of carbonyl (C=O) groups is 1. The average molecular weight is 363 g/mol. The molecular formula is C19H25NO4S. The quantitative estimate of drug-likeness (QED) is 0.815. The molecule has 5 nitrogen and oxygen atoms in total. The molecule has 1 aromatic rings. The summed E-state index contributed by atoms with van der Waals surface area (Å²) in [5.41, 5.74) is 1.77. The van der Waals surface area contributed by atoms with Crippen LogP contribution in [0.4, 0.5) is 0 Å². The molecule has 1 aliphatic carbocycles. The van der Waals surface area contributed by atoms with Gasteiger partial charge in [-0.2, -0.15) is 4.72 Å². The molecule has 0 amide bonds. The van der Waals surface area contributed by atoms with E-state index in [0.29, 0.717) is 28.9 Å². The number of carbonyl (C=O) groups excluding carboxylic acids is 1. The SMILES string of the molecule is CCOC1(NS(=O)(=O)c2ccc(C)cc2)C(C)=C(C)C(=O)C(C)=C1C. The van der Waals surface area contributed by atoms with Crippen LogP contribution in [0.2, 0.25) is 0 Å². The largest absolute Gasteiger partial charge is 0.352 e. The molecule has 2 rings (SSSR count). The first-order valence-electron chi connectivity index (χ1n) is 8.22. The molecule has 0 heterocycles. The van der Waals surface area contributed by atoms with Crippen LogP contribution in [0.15, 0.2) is 51.5 Å². The second kappa shape index (κ2) is 6.86. The zero-order valence-corrected chi connectivity index (χ0v) is 16.4. The van der Waals surface area contributed by atoms with Crippen molar-refractivity contribution in [2.24, 2.45) is 0 Å². The lowest BCUT2D eigenvalue weighted by molar-refractivity contribution is -0.113. The Balaban J connectivity index is 2.61. The molecule has 0 spiro atoms. The summed E-state index contributed by atoms with van der Waals surface area (Å²) in [6.45, 7) is 10.8. The molecule has 0 unspecified atom stereocenters. The molecule has 25 heavy (non-hydrogen) atoms. The van der Waals surface area contributed by atoms with Crippen LogP contribution in [0.1, 0.15) is 40.2 Å². The van der Waals surface area contributed by atoms with E-state index < -0.39 is 15.7 Å². The van der Waals surface area contributed by atoms with Crippen LogP contribution in [-0.4, -0.2) is 26.5 Å². The maximum atomic E-state index is 13.0. The Morgan fingerprint density at radius 3 is 1.88 bits per heavy atom. The minimum Gasteiger partial charge on any atom is -0.352 e. The van der Waals surface area contributed by atoms with Crippen LogP contribution in [0.25, 0.3) is 0 Å². The van der Waals surface area contributed by atoms with Crippen molar-refractivity contribution in [1.82, 2.24) is 4.72 Å². The van der Waals surface area contributed by atoms with E-state index in [-0.39, 0.29) is 10.7 Å². The zero-order chi connectivity index (χ0) is 19.0. The Kier molecular flexibility index (Phi) is 5.37. The molecule has 0 bridgehead atoms. The number of sulfonamides is 1. The predicted octanol–water partition coefficient (Wildman–Crippen LogP) is 3.26.